The number of piperazine rings is 1. The van der Waals surface area contributed by atoms with Gasteiger partial charge in [0.25, 0.3) is 0 Å². The average molecular weight is 394 g/mol. The third-order valence-electron chi connectivity index (χ3n) is 5.42. The molecule has 3 aromatic carbocycles. The standard InChI is InChI=1S/C23H24N2O2S/c26-28(27,22-14-8-3-9-15-22)25-18-16-24(17-19-25)23(20-10-4-1-5-11-20)21-12-6-2-7-13-21/h1-15,23H,16-19H2/p+1. The van der Waals surface area contributed by atoms with Crippen LogP contribution in [0.3, 0.4) is 0 Å². The predicted octanol–water partition coefficient (Wildman–Crippen LogP) is 2.37. The van der Waals surface area contributed by atoms with Gasteiger partial charge in [-0.25, -0.2) is 8.42 Å². The molecule has 3 aromatic rings. The van der Waals surface area contributed by atoms with Crippen molar-refractivity contribution in [2.24, 2.45) is 0 Å². The van der Waals surface area contributed by atoms with Crippen LogP contribution in [-0.4, -0.2) is 38.9 Å². The number of benzene rings is 3. The minimum Gasteiger partial charge on any atom is -0.323 e. The van der Waals surface area contributed by atoms with Gasteiger partial charge in [-0.1, -0.05) is 78.9 Å². The Hall–Kier alpha value is -2.47. The van der Waals surface area contributed by atoms with Gasteiger partial charge in [0.2, 0.25) is 10.0 Å². The molecule has 5 heteroatoms. The molecular formula is C23H25N2O2S+. The fourth-order valence-corrected chi connectivity index (χ4v) is 5.46. The van der Waals surface area contributed by atoms with Gasteiger partial charge in [-0.3, -0.25) is 0 Å². The van der Waals surface area contributed by atoms with Gasteiger partial charge in [0.05, 0.1) is 31.1 Å². The van der Waals surface area contributed by atoms with Gasteiger partial charge < -0.3 is 4.90 Å². The number of sulfonamides is 1. The molecule has 28 heavy (non-hydrogen) atoms. The first-order valence-electron chi connectivity index (χ1n) is 9.66. The van der Waals surface area contributed by atoms with Crippen molar-refractivity contribution in [2.45, 2.75) is 10.9 Å². The van der Waals surface area contributed by atoms with E-state index >= 15 is 0 Å². The van der Waals surface area contributed by atoms with Crippen molar-refractivity contribution in [3.05, 3.63) is 102 Å². The smallest absolute Gasteiger partial charge is 0.243 e. The molecule has 0 aliphatic carbocycles. The first-order chi connectivity index (χ1) is 13.7. The van der Waals surface area contributed by atoms with E-state index in [1.54, 1.807) is 28.6 Å². The SMILES string of the molecule is O=S(=O)(c1ccccc1)N1CC[NH+](C(c2ccccc2)c2ccccc2)CC1. The number of quaternary nitrogens is 1. The van der Waals surface area contributed by atoms with Crippen molar-refractivity contribution >= 4 is 10.0 Å². The quantitative estimate of drug-likeness (QED) is 0.723. The molecule has 1 aliphatic rings. The van der Waals surface area contributed by atoms with Crippen LogP contribution >= 0.6 is 0 Å². The molecule has 1 aliphatic heterocycles. The highest BCUT2D eigenvalue weighted by molar-refractivity contribution is 7.89. The molecule has 1 fully saturated rings. The lowest BCUT2D eigenvalue weighted by Gasteiger charge is -2.36. The Bertz CT molecular complexity index is 945. The summed E-state index contributed by atoms with van der Waals surface area (Å²) in [6.45, 7) is 2.62. The summed E-state index contributed by atoms with van der Waals surface area (Å²) >= 11 is 0. The van der Waals surface area contributed by atoms with Gasteiger partial charge in [0.15, 0.2) is 0 Å². The van der Waals surface area contributed by atoms with E-state index in [2.05, 4.69) is 48.5 Å². The van der Waals surface area contributed by atoms with Crippen molar-refractivity contribution in [2.75, 3.05) is 26.2 Å². The minimum absolute atomic E-state index is 0.212. The zero-order valence-corrected chi connectivity index (χ0v) is 16.6. The van der Waals surface area contributed by atoms with E-state index in [-0.39, 0.29) is 6.04 Å². The molecular weight excluding hydrogens is 368 g/mol. The minimum atomic E-state index is -3.42. The molecule has 0 saturated carbocycles. The molecule has 0 atom stereocenters. The predicted molar refractivity (Wildman–Crippen MR) is 111 cm³/mol. The Morgan fingerprint density at radius 3 is 1.57 bits per heavy atom. The highest BCUT2D eigenvalue weighted by Gasteiger charge is 2.34. The van der Waals surface area contributed by atoms with Gasteiger partial charge in [0.1, 0.15) is 6.04 Å². The molecule has 144 valence electrons. The highest BCUT2D eigenvalue weighted by Crippen LogP contribution is 2.20. The van der Waals surface area contributed by atoms with Gasteiger partial charge >= 0.3 is 0 Å². The number of hydrogen-bond donors (Lipinski definition) is 1. The first kappa shape index (κ1) is 18.9. The van der Waals surface area contributed by atoms with Crippen molar-refractivity contribution < 1.29 is 13.3 Å². The van der Waals surface area contributed by atoms with E-state index in [9.17, 15) is 8.42 Å². The van der Waals surface area contributed by atoms with Crippen LogP contribution in [0.5, 0.6) is 0 Å². The monoisotopic (exact) mass is 393 g/mol. The fourth-order valence-electron chi connectivity index (χ4n) is 4.00. The summed E-state index contributed by atoms with van der Waals surface area (Å²) in [5, 5.41) is 0. The third-order valence-corrected chi connectivity index (χ3v) is 7.33. The summed E-state index contributed by atoms with van der Waals surface area (Å²) in [6, 6.07) is 29.9. The number of nitrogens with one attached hydrogen (secondary N) is 1. The van der Waals surface area contributed by atoms with Crippen LogP contribution in [0.2, 0.25) is 0 Å². The van der Waals surface area contributed by atoms with E-state index in [1.807, 2.05) is 18.2 Å². The van der Waals surface area contributed by atoms with Gasteiger partial charge in [-0.2, -0.15) is 4.31 Å². The molecule has 0 aromatic heterocycles. The van der Waals surface area contributed by atoms with Crippen LogP contribution in [0.25, 0.3) is 0 Å². The molecule has 4 nitrogen and oxygen atoms in total. The second kappa shape index (κ2) is 8.27. The summed E-state index contributed by atoms with van der Waals surface area (Å²) < 4.78 is 27.5. The first-order valence-corrected chi connectivity index (χ1v) is 11.1. The third kappa shape index (κ3) is 3.87. The molecule has 0 radical (unpaired) electrons. The Morgan fingerprint density at radius 1 is 0.679 bits per heavy atom. The van der Waals surface area contributed by atoms with E-state index < -0.39 is 10.0 Å². The van der Waals surface area contributed by atoms with Crippen LogP contribution in [0.1, 0.15) is 17.2 Å². The molecule has 0 unspecified atom stereocenters. The number of hydrogen-bond acceptors (Lipinski definition) is 2. The number of nitrogens with zero attached hydrogens (tertiary/aromatic N) is 1. The second-order valence-corrected chi connectivity index (χ2v) is 9.07. The largest absolute Gasteiger partial charge is 0.323 e. The topological polar surface area (TPSA) is 41.8 Å². The summed E-state index contributed by atoms with van der Waals surface area (Å²) in [6.07, 6.45) is 0. The summed E-state index contributed by atoms with van der Waals surface area (Å²) in [4.78, 5) is 1.78. The van der Waals surface area contributed by atoms with E-state index in [0.29, 0.717) is 18.0 Å². The molecule has 0 bridgehead atoms. The lowest BCUT2D eigenvalue weighted by molar-refractivity contribution is -0.929. The second-order valence-electron chi connectivity index (χ2n) is 7.13. The van der Waals surface area contributed by atoms with Crippen molar-refractivity contribution in [1.29, 1.82) is 0 Å². The average Bonchev–Trinajstić information content (AvgIpc) is 2.76. The Kier molecular flexibility index (Phi) is 5.57. The zero-order chi connectivity index (χ0) is 19.4. The van der Waals surface area contributed by atoms with Gasteiger partial charge in [-0.15, -0.1) is 0 Å². The van der Waals surface area contributed by atoms with Crippen molar-refractivity contribution in [1.82, 2.24) is 4.31 Å². The lowest BCUT2D eigenvalue weighted by atomic mass is 9.96. The van der Waals surface area contributed by atoms with E-state index in [0.717, 1.165) is 13.1 Å². The summed E-state index contributed by atoms with van der Waals surface area (Å²) in [5.74, 6) is 0. The van der Waals surface area contributed by atoms with Crippen LogP contribution < -0.4 is 4.90 Å². The maximum Gasteiger partial charge on any atom is 0.243 e. The van der Waals surface area contributed by atoms with E-state index in [1.165, 1.54) is 16.0 Å². The fraction of sp³-hybridized carbons (Fsp3) is 0.217. The van der Waals surface area contributed by atoms with Gasteiger partial charge in [0, 0.05) is 11.1 Å². The Morgan fingerprint density at radius 2 is 1.11 bits per heavy atom. The summed E-state index contributed by atoms with van der Waals surface area (Å²) in [5.41, 5.74) is 2.53. The Balaban J connectivity index is 1.56. The molecule has 1 N–H and O–H groups in total. The van der Waals surface area contributed by atoms with Crippen molar-refractivity contribution in [3.8, 4) is 0 Å². The number of rotatable bonds is 5. The molecule has 1 saturated heterocycles. The summed E-state index contributed by atoms with van der Waals surface area (Å²) in [7, 11) is -3.42. The van der Waals surface area contributed by atoms with Crippen LogP contribution in [-0.2, 0) is 10.0 Å². The van der Waals surface area contributed by atoms with E-state index in [4.69, 9.17) is 0 Å². The molecule has 1 heterocycles. The maximum absolute atomic E-state index is 12.9. The van der Waals surface area contributed by atoms with Crippen molar-refractivity contribution in [3.63, 3.8) is 0 Å². The normalized spacial score (nSPS) is 16.3. The maximum atomic E-state index is 12.9. The van der Waals surface area contributed by atoms with Gasteiger partial charge in [-0.05, 0) is 12.1 Å². The molecule has 4 rings (SSSR count). The van der Waals surface area contributed by atoms with Crippen LogP contribution in [0, 0.1) is 0 Å². The molecule has 0 amide bonds. The Labute approximate surface area is 167 Å². The van der Waals surface area contributed by atoms with Crippen LogP contribution in [0.15, 0.2) is 95.9 Å². The lowest BCUT2D eigenvalue weighted by Crippen LogP contribution is -3.15. The van der Waals surface area contributed by atoms with Crippen LogP contribution in [0.4, 0.5) is 0 Å². The highest BCUT2D eigenvalue weighted by atomic mass is 32.2. The zero-order valence-electron chi connectivity index (χ0n) is 15.7. The molecule has 0 spiro atoms.